The van der Waals surface area contributed by atoms with Crippen molar-refractivity contribution in [2.75, 3.05) is 0 Å². The van der Waals surface area contributed by atoms with Crippen molar-refractivity contribution in [1.29, 1.82) is 0 Å². The standard InChI is InChI=1S/C10H10FN5/c11-7-1-2-8-6(5-7)3-4-10(8,12)9-13-15-16-14-9/h1-2,5H,3-4,12H2,(H,13,14,15,16). The SMILES string of the molecule is NC1(c2nn[nH]n2)CCc2cc(F)ccc21. The molecule has 1 unspecified atom stereocenters. The van der Waals surface area contributed by atoms with Crippen LogP contribution in [0.2, 0.25) is 0 Å². The summed E-state index contributed by atoms with van der Waals surface area (Å²) in [5.74, 6) is 0.217. The van der Waals surface area contributed by atoms with Gasteiger partial charge in [-0.3, -0.25) is 0 Å². The number of halogens is 1. The molecule has 1 aliphatic carbocycles. The Bertz CT molecular complexity index is 524. The van der Waals surface area contributed by atoms with Gasteiger partial charge in [-0.1, -0.05) is 11.3 Å². The molecule has 1 atom stereocenters. The first-order chi connectivity index (χ1) is 7.70. The Balaban J connectivity index is 2.15. The highest BCUT2D eigenvalue weighted by atomic mass is 19.1. The van der Waals surface area contributed by atoms with Gasteiger partial charge in [0, 0.05) is 0 Å². The highest BCUT2D eigenvalue weighted by Crippen LogP contribution is 2.38. The number of aromatic amines is 1. The Kier molecular flexibility index (Phi) is 1.81. The van der Waals surface area contributed by atoms with Crippen LogP contribution in [0.15, 0.2) is 18.2 Å². The van der Waals surface area contributed by atoms with Crippen LogP contribution in [0.1, 0.15) is 23.4 Å². The number of nitrogens with one attached hydrogen (secondary N) is 1. The summed E-state index contributed by atoms with van der Waals surface area (Å²) in [5.41, 5.74) is 7.35. The largest absolute Gasteiger partial charge is 0.315 e. The van der Waals surface area contributed by atoms with E-state index in [1.165, 1.54) is 12.1 Å². The van der Waals surface area contributed by atoms with Crippen LogP contribution in [0.25, 0.3) is 0 Å². The second kappa shape index (κ2) is 3.08. The van der Waals surface area contributed by atoms with E-state index in [4.69, 9.17) is 5.73 Å². The number of rotatable bonds is 1. The van der Waals surface area contributed by atoms with Crippen LogP contribution in [0.4, 0.5) is 4.39 Å². The van der Waals surface area contributed by atoms with E-state index in [-0.39, 0.29) is 5.82 Å². The molecule has 3 rings (SSSR count). The van der Waals surface area contributed by atoms with Crippen molar-refractivity contribution in [3.8, 4) is 0 Å². The minimum atomic E-state index is -0.740. The Morgan fingerprint density at radius 2 is 2.31 bits per heavy atom. The molecule has 0 fully saturated rings. The molecule has 0 bridgehead atoms. The maximum absolute atomic E-state index is 13.1. The summed E-state index contributed by atoms with van der Waals surface area (Å²) in [6.07, 6.45) is 1.41. The fourth-order valence-electron chi connectivity index (χ4n) is 2.25. The fraction of sp³-hybridized carbons (Fsp3) is 0.300. The van der Waals surface area contributed by atoms with Crippen molar-refractivity contribution in [3.05, 3.63) is 41.0 Å². The van der Waals surface area contributed by atoms with E-state index in [0.29, 0.717) is 12.2 Å². The fourth-order valence-corrected chi connectivity index (χ4v) is 2.25. The number of aryl methyl sites for hydroxylation is 1. The summed E-state index contributed by atoms with van der Waals surface area (Å²) in [6.45, 7) is 0. The van der Waals surface area contributed by atoms with Gasteiger partial charge in [-0.25, -0.2) is 4.39 Å². The minimum absolute atomic E-state index is 0.240. The molecule has 82 valence electrons. The average molecular weight is 219 g/mol. The summed E-state index contributed by atoms with van der Waals surface area (Å²) in [7, 11) is 0. The average Bonchev–Trinajstić information content (AvgIpc) is 2.87. The number of H-pyrrole nitrogens is 1. The summed E-state index contributed by atoms with van der Waals surface area (Å²) in [6, 6.07) is 4.63. The van der Waals surface area contributed by atoms with E-state index < -0.39 is 5.54 Å². The van der Waals surface area contributed by atoms with Gasteiger partial charge in [0.1, 0.15) is 11.4 Å². The molecule has 1 aromatic heterocycles. The molecule has 5 nitrogen and oxygen atoms in total. The van der Waals surface area contributed by atoms with E-state index in [0.717, 1.165) is 17.5 Å². The molecule has 1 aromatic carbocycles. The maximum Gasteiger partial charge on any atom is 0.198 e. The molecule has 0 radical (unpaired) electrons. The van der Waals surface area contributed by atoms with Gasteiger partial charge in [0.2, 0.25) is 0 Å². The summed E-state index contributed by atoms with van der Waals surface area (Å²) < 4.78 is 13.1. The molecular weight excluding hydrogens is 209 g/mol. The number of tetrazole rings is 1. The Labute approximate surface area is 90.9 Å². The lowest BCUT2D eigenvalue weighted by atomic mass is 9.92. The third-order valence-electron chi connectivity index (χ3n) is 3.08. The van der Waals surface area contributed by atoms with Crippen LogP contribution in [0.5, 0.6) is 0 Å². The van der Waals surface area contributed by atoms with Gasteiger partial charge in [-0.2, -0.15) is 5.21 Å². The minimum Gasteiger partial charge on any atom is -0.315 e. The number of nitrogens with two attached hydrogens (primary N) is 1. The molecule has 1 heterocycles. The lowest BCUT2D eigenvalue weighted by Crippen LogP contribution is -2.36. The smallest absolute Gasteiger partial charge is 0.198 e. The van der Waals surface area contributed by atoms with Crippen molar-refractivity contribution in [1.82, 2.24) is 20.6 Å². The first-order valence-corrected chi connectivity index (χ1v) is 5.02. The molecule has 3 N–H and O–H groups in total. The number of benzene rings is 1. The van der Waals surface area contributed by atoms with Gasteiger partial charge >= 0.3 is 0 Å². The van der Waals surface area contributed by atoms with Gasteiger partial charge in [-0.05, 0) is 36.1 Å². The Morgan fingerprint density at radius 1 is 1.44 bits per heavy atom. The first kappa shape index (κ1) is 9.41. The van der Waals surface area contributed by atoms with Crippen LogP contribution < -0.4 is 5.73 Å². The Hall–Kier alpha value is -1.82. The zero-order valence-corrected chi connectivity index (χ0v) is 8.44. The van der Waals surface area contributed by atoms with Crippen molar-refractivity contribution >= 4 is 0 Å². The van der Waals surface area contributed by atoms with Crippen molar-refractivity contribution < 1.29 is 4.39 Å². The molecule has 0 aliphatic heterocycles. The number of nitrogens with zero attached hydrogens (tertiary/aromatic N) is 3. The molecule has 16 heavy (non-hydrogen) atoms. The van der Waals surface area contributed by atoms with Crippen molar-refractivity contribution in [2.24, 2.45) is 5.73 Å². The second-order valence-corrected chi connectivity index (χ2v) is 4.01. The first-order valence-electron chi connectivity index (χ1n) is 5.02. The Morgan fingerprint density at radius 3 is 3.06 bits per heavy atom. The van der Waals surface area contributed by atoms with Gasteiger partial charge < -0.3 is 5.73 Å². The van der Waals surface area contributed by atoms with Crippen LogP contribution in [0.3, 0.4) is 0 Å². The van der Waals surface area contributed by atoms with Crippen LogP contribution in [-0.2, 0) is 12.0 Å². The second-order valence-electron chi connectivity index (χ2n) is 4.01. The highest BCUT2D eigenvalue weighted by molar-refractivity contribution is 5.42. The summed E-state index contributed by atoms with van der Waals surface area (Å²) in [4.78, 5) is 0. The topological polar surface area (TPSA) is 80.5 Å². The van der Waals surface area contributed by atoms with Crippen LogP contribution in [0, 0.1) is 5.82 Å². The molecular formula is C10H10FN5. The molecule has 1 aliphatic rings. The van der Waals surface area contributed by atoms with Gasteiger partial charge in [-0.15, -0.1) is 10.2 Å². The highest BCUT2D eigenvalue weighted by Gasteiger charge is 2.40. The summed E-state index contributed by atoms with van der Waals surface area (Å²) in [5, 5.41) is 13.8. The van der Waals surface area contributed by atoms with E-state index >= 15 is 0 Å². The lowest BCUT2D eigenvalue weighted by molar-refractivity contribution is 0.500. The van der Waals surface area contributed by atoms with E-state index in [2.05, 4.69) is 20.6 Å². The number of hydrogen-bond donors (Lipinski definition) is 2. The van der Waals surface area contributed by atoms with E-state index in [9.17, 15) is 4.39 Å². The molecule has 2 aromatic rings. The number of fused-ring (bicyclic) bond motifs is 1. The zero-order chi connectivity index (χ0) is 11.2. The van der Waals surface area contributed by atoms with Gasteiger partial charge in [0.15, 0.2) is 5.82 Å². The van der Waals surface area contributed by atoms with Crippen molar-refractivity contribution in [3.63, 3.8) is 0 Å². The van der Waals surface area contributed by atoms with Crippen LogP contribution in [-0.4, -0.2) is 20.6 Å². The predicted molar refractivity (Wildman–Crippen MR) is 53.9 cm³/mol. The van der Waals surface area contributed by atoms with Crippen molar-refractivity contribution in [2.45, 2.75) is 18.4 Å². The van der Waals surface area contributed by atoms with Crippen LogP contribution >= 0.6 is 0 Å². The zero-order valence-electron chi connectivity index (χ0n) is 8.44. The number of aromatic nitrogens is 4. The van der Waals surface area contributed by atoms with E-state index in [1.54, 1.807) is 6.07 Å². The molecule has 0 saturated carbocycles. The molecule has 6 heteroatoms. The molecule has 0 spiro atoms. The van der Waals surface area contributed by atoms with E-state index in [1.807, 2.05) is 0 Å². The van der Waals surface area contributed by atoms with Gasteiger partial charge in [0.05, 0.1) is 0 Å². The third kappa shape index (κ3) is 1.16. The predicted octanol–water partition coefficient (Wildman–Crippen LogP) is 0.487. The normalized spacial score (nSPS) is 23.4. The lowest BCUT2D eigenvalue weighted by Gasteiger charge is -2.20. The third-order valence-corrected chi connectivity index (χ3v) is 3.08. The quantitative estimate of drug-likeness (QED) is 0.731. The number of hydrogen-bond acceptors (Lipinski definition) is 4. The monoisotopic (exact) mass is 219 g/mol. The molecule has 0 amide bonds. The summed E-state index contributed by atoms with van der Waals surface area (Å²) >= 11 is 0. The molecule has 0 saturated heterocycles. The maximum atomic E-state index is 13.1. The van der Waals surface area contributed by atoms with Gasteiger partial charge in [0.25, 0.3) is 0 Å².